The van der Waals surface area contributed by atoms with Crippen molar-refractivity contribution in [3.05, 3.63) is 41.9 Å². The molecule has 2 aromatic rings. The lowest BCUT2D eigenvalue weighted by molar-refractivity contribution is 0.832. The Morgan fingerprint density at radius 1 is 1.24 bits per heavy atom. The van der Waals surface area contributed by atoms with Gasteiger partial charge in [0.15, 0.2) is 0 Å². The van der Waals surface area contributed by atoms with Crippen molar-refractivity contribution in [3.63, 3.8) is 0 Å². The van der Waals surface area contributed by atoms with E-state index in [1.807, 2.05) is 44.4 Å². The summed E-state index contributed by atoms with van der Waals surface area (Å²) < 4.78 is 0. The van der Waals surface area contributed by atoms with Crippen LogP contribution < -0.4 is 10.2 Å². The first-order valence-corrected chi connectivity index (χ1v) is 7.39. The second-order valence-corrected chi connectivity index (χ2v) is 5.11. The summed E-state index contributed by atoms with van der Waals surface area (Å²) in [7, 11) is 2.05. The van der Waals surface area contributed by atoms with Crippen molar-refractivity contribution in [2.45, 2.75) is 26.7 Å². The zero-order valence-corrected chi connectivity index (χ0v) is 13.0. The molecule has 2 heterocycles. The van der Waals surface area contributed by atoms with Gasteiger partial charge in [-0.3, -0.25) is 4.98 Å². The van der Waals surface area contributed by atoms with Gasteiger partial charge >= 0.3 is 0 Å². The van der Waals surface area contributed by atoms with Gasteiger partial charge in [0.25, 0.3) is 0 Å². The monoisotopic (exact) mass is 285 g/mol. The zero-order valence-electron chi connectivity index (χ0n) is 13.0. The lowest BCUT2D eigenvalue weighted by Crippen LogP contribution is -2.22. The van der Waals surface area contributed by atoms with E-state index in [1.165, 1.54) is 0 Å². The van der Waals surface area contributed by atoms with Crippen LogP contribution in [-0.2, 0) is 6.42 Å². The molecule has 0 saturated carbocycles. The number of anilines is 2. The highest BCUT2D eigenvalue weighted by Crippen LogP contribution is 2.14. The molecule has 0 aliphatic carbocycles. The van der Waals surface area contributed by atoms with Gasteiger partial charge < -0.3 is 10.2 Å². The Labute approximate surface area is 126 Å². The highest BCUT2D eigenvalue weighted by molar-refractivity contribution is 5.44. The molecule has 1 N–H and O–H groups in total. The number of aromatic nitrogens is 3. The van der Waals surface area contributed by atoms with Crippen LogP contribution in [0.15, 0.2) is 30.5 Å². The summed E-state index contributed by atoms with van der Waals surface area (Å²) in [5.74, 6) is 1.65. The van der Waals surface area contributed by atoms with Crippen LogP contribution in [0.3, 0.4) is 0 Å². The largest absolute Gasteiger partial charge is 0.359 e. The molecule has 112 valence electrons. The summed E-state index contributed by atoms with van der Waals surface area (Å²) in [4.78, 5) is 15.5. The molecule has 0 unspecified atom stereocenters. The van der Waals surface area contributed by atoms with Gasteiger partial charge in [-0.1, -0.05) is 13.0 Å². The molecular weight excluding hydrogens is 262 g/mol. The van der Waals surface area contributed by atoms with Crippen molar-refractivity contribution in [2.24, 2.45) is 0 Å². The van der Waals surface area contributed by atoms with Crippen LogP contribution in [-0.4, -0.2) is 35.1 Å². The smallest absolute Gasteiger partial charge is 0.224 e. The van der Waals surface area contributed by atoms with Gasteiger partial charge in [-0.25, -0.2) is 4.98 Å². The molecule has 0 saturated heterocycles. The average Bonchev–Trinajstić information content (AvgIpc) is 2.51. The van der Waals surface area contributed by atoms with Gasteiger partial charge in [-0.05, 0) is 25.5 Å². The molecule has 0 bridgehead atoms. The molecule has 2 aromatic heterocycles. The lowest BCUT2D eigenvalue weighted by Gasteiger charge is -2.19. The quantitative estimate of drug-likeness (QED) is 0.847. The Balaban J connectivity index is 2.01. The van der Waals surface area contributed by atoms with Crippen LogP contribution in [0.25, 0.3) is 0 Å². The van der Waals surface area contributed by atoms with E-state index in [2.05, 4.69) is 32.1 Å². The van der Waals surface area contributed by atoms with Crippen LogP contribution in [0, 0.1) is 6.92 Å². The van der Waals surface area contributed by atoms with Crippen LogP contribution in [0.5, 0.6) is 0 Å². The van der Waals surface area contributed by atoms with E-state index in [0.29, 0.717) is 5.95 Å². The molecule has 0 radical (unpaired) electrons. The van der Waals surface area contributed by atoms with E-state index >= 15 is 0 Å². The first-order chi connectivity index (χ1) is 10.2. The molecule has 0 amide bonds. The summed E-state index contributed by atoms with van der Waals surface area (Å²) in [6.07, 6.45) is 3.79. The third-order valence-corrected chi connectivity index (χ3v) is 3.19. The molecule has 0 spiro atoms. The molecule has 5 heteroatoms. The third kappa shape index (κ3) is 4.70. The maximum atomic E-state index is 4.57. The van der Waals surface area contributed by atoms with Gasteiger partial charge in [-0.15, -0.1) is 0 Å². The predicted molar refractivity (Wildman–Crippen MR) is 86.8 cm³/mol. The van der Waals surface area contributed by atoms with Gasteiger partial charge in [0.2, 0.25) is 5.95 Å². The zero-order chi connectivity index (χ0) is 15.1. The van der Waals surface area contributed by atoms with E-state index in [4.69, 9.17) is 0 Å². The minimum absolute atomic E-state index is 0.705. The first kappa shape index (κ1) is 15.2. The minimum Gasteiger partial charge on any atom is -0.359 e. The average molecular weight is 285 g/mol. The molecule has 5 nitrogen and oxygen atoms in total. The van der Waals surface area contributed by atoms with Crippen molar-refractivity contribution in [2.75, 3.05) is 30.4 Å². The molecular formula is C16H23N5. The van der Waals surface area contributed by atoms with Gasteiger partial charge in [0.05, 0.1) is 0 Å². The molecule has 2 rings (SSSR count). The summed E-state index contributed by atoms with van der Waals surface area (Å²) in [5.41, 5.74) is 2.07. The lowest BCUT2D eigenvalue weighted by atomic mass is 10.2. The van der Waals surface area contributed by atoms with Crippen molar-refractivity contribution in [1.29, 1.82) is 0 Å². The number of rotatable bonds is 7. The SMILES string of the molecule is CCCNc1nc(C)cc(N(C)CCc2ccccn2)n1. The minimum atomic E-state index is 0.705. The van der Waals surface area contributed by atoms with Gasteiger partial charge in [0, 0.05) is 50.2 Å². The summed E-state index contributed by atoms with van der Waals surface area (Å²) in [5, 5.41) is 3.24. The number of nitrogens with one attached hydrogen (secondary N) is 1. The maximum absolute atomic E-state index is 4.57. The van der Waals surface area contributed by atoms with Crippen molar-refractivity contribution >= 4 is 11.8 Å². The van der Waals surface area contributed by atoms with E-state index in [0.717, 1.165) is 43.1 Å². The Morgan fingerprint density at radius 3 is 2.81 bits per heavy atom. The Hall–Kier alpha value is -2.17. The number of likely N-dealkylation sites (N-methyl/N-ethyl adjacent to an activating group) is 1. The second-order valence-electron chi connectivity index (χ2n) is 5.11. The Kier molecular flexibility index (Phi) is 5.49. The van der Waals surface area contributed by atoms with Crippen LogP contribution in [0.2, 0.25) is 0 Å². The summed E-state index contributed by atoms with van der Waals surface area (Å²) in [6, 6.07) is 8.01. The molecule has 21 heavy (non-hydrogen) atoms. The molecule has 0 aromatic carbocycles. The normalized spacial score (nSPS) is 10.4. The Morgan fingerprint density at radius 2 is 2.10 bits per heavy atom. The van der Waals surface area contributed by atoms with E-state index in [9.17, 15) is 0 Å². The van der Waals surface area contributed by atoms with E-state index in [-0.39, 0.29) is 0 Å². The van der Waals surface area contributed by atoms with Crippen molar-refractivity contribution in [3.8, 4) is 0 Å². The first-order valence-electron chi connectivity index (χ1n) is 7.39. The number of aryl methyl sites for hydroxylation is 1. The van der Waals surface area contributed by atoms with Crippen LogP contribution >= 0.6 is 0 Å². The summed E-state index contributed by atoms with van der Waals surface area (Å²) in [6.45, 7) is 5.89. The van der Waals surface area contributed by atoms with E-state index < -0.39 is 0 Å². The van der Waals surface area contributed by atoms with Crippen molar-refractivity contribution < 1.29 is 0 Å². The number of hydrogen-bond acceptors (Lipinski definition) is 5. The van der Waals surface area contributed by atoms with Crippen LogP contribution in [0.4, 0.5) is 11.8 Å². The molecule has 0 aliphatic heterocycles. The Bertz CT molecular complexity index is 556. The summed E-state index contributed by atoms with van der Waals surface area (Å²) >= 11 is 0. The fraction of sp³-hybridized carbons (Fsp3) is 0.438. The van der Waals surface area contributed by atoms with Gasteiger partial charge in [0.1, 0.15) is 5.82 Å². The van der Waals surface area contributed by atoms with E-state index in [1.54, 1.807) is 0 Å². The number of nitrogens with zero attached hydrogens (tertiary/aromatic N) is 4. The highest BCUT2D eigenvalue weighted by Gasteiger charge is 2.07. The van der Waals surface area contributed by atoms with Gasteiger partial charge in [-0.2, -0.15) is 4.98 Å². The number of pyridine rings is 1. The number of hydrogen-bond donors (Lipinski definition) is 1. The molecule has 0 atom stereocenters. The standard InChI is InChI=1S/C16H23N5/c1-4-9-18-16-19-13(2)12-15(20-16)21(3)11-8-14-7-5-6-10-17-14/h5-7,10,12H,4,8-9,11H2,1-3H3,(H,18,19,20). The molecule has 0 fully saturated rings. The maximum Gasteiger partial charge on any atom is 0.224 e. The fourth-order valence-corrected chi connectivity index (χ4v) is 2.01. The molecule has 0 aliphatic rings. The van der Waals surface area contributed by atoms with Crippen molar-refractivity contribution in [1.82, 2.24) is 15.0 Å². The fourth-order valence-electron chi connectivity index (χ4n) is 2.01. The third-order valence-electron chi connectivity index (χ3n) is 3.19. The topological polar surface area (TPSA) is 53.9 Å². The van der Waals surface area contributed by atoms with Crippen LogP contribution in [0.1, 0.15) is 24.7 Å². The highest BCUT2D eigenvalue weighted by atomic mass is 15.2. The second kappa shape index (κ2) is 7.57. The predicted octanol–water partition coefficient (Wildman–Crippen LogP) is 2.68.